The maximum absolute atomic E-state index is 13.6. The van der Waals surface area contributed by atoms with Gasteiger partial charge in [0.2, 0.25) is 5.91 Å². The quantitative estimate of drug-likeness (QED) is 0.778. The number of hydrogen-bond donors (Lipinski definition) is 2. The van der Waals surface area contributed by atoms with Crippen molar-refractivity contribution < 1.29 is 14.3 Å². The SMILES string of the molecule is CC(C(=O)NCc1ccccc1F)N(CCO)Cc1ccsc1. The summed E-state index contributed by atoms with van der Waals surface area (Å²) in [5, 5.41) is 16.0. The van der Waals surface area contributed by atoms with Crippen LogP contribution < -0.4 is 5.32 Å². The van der Waals surface area contributed by atoms with Gasteiger partial charge in [-0.25, -0.2) is 4.39 Å². The number of halogens is 1. The minimum Gasteiger partial charge on any atom is -0.395 e. The fourth-order valence-electron chi connectivity index (χ4n) is 2.29. The van der Waals surface area contributed by atoms with E-state index in [9.17, 15) is 14.3 Å². The van der Waals surface area contributed by atoms with E-state index in [1.807, 2.05) is 21.7 Å². The van der Waals surface area contributed by atoms with E-state index in [0.717, 1.165) is 5.56 Å². The molecule has 0 bridgehead atoms. The Bertz CT molecular complexity index is 619. The molecule has 1 aromatic carbocycles. The average Bonchev–Trinajstić information content (AvgIpc) is 3.06. The summed E-state index contributed by atoms with van der Waals surface area (Å²) in [5.74, 6) is -0.511. The van der Waals surface area contributed by atoms with E-state index < -0.39 is 6.04 Å². The maximum atomic E-state index is 13.6. The predicted molar refractivity (Wildman–Crippen MR) is 89.5 cm³/mol. The molecule has 2 N–H and O–H groups in total. The van der Waals surface area contributed by atoms with E-state index in [4.69, 9.17) is 0 Å². The number of aliphatic hydroxyl groups excluding tert-OH is 1. The molecule has 0 aliphatic heterocycles. The summed E-state index contributed by atoms with van der Waals surface area (Å²) in [6.45, 7) is 2.93. The summed E-state index contributed by atoms with van der Waals surface area (Å²) in [5.41, 5.74) is 1.57. The van der Waals surface area contributed by atoms with Crippen LogP contribution in [0.3, 0.4) is 0 Å². The largest absolute Gasteiger partial charge is 0.395 e. The van der Waals surface area contributed by atoms with Crippen LogP contribution in [0.4, 0.5) is 4.39 Å². The van der Waals surface area contributed by atoms with E-state index in [1.54, 1.807) is 36.5 Å². The second-order valence-electron chi connectivity index (χ2n) is 5.31. The van der Waals surface area contributed by atoms with Crippen LogP contribution in [0, 0.1) is 5.82 Å². The van der Waals surface area contributed by atoms with Crippen molar-refractivity contribution in [1.29, 1.82) is 0 Å². The van der Waals surface area contributed by atoms with Crippen molar-refractivity contribution in [3.05, 3.63) is 58.0 Å². The lowest BCUT2D eigenvalue weighted by Gasteiger charge is -2.27. The highest BCUT2D eigenvalue weighted by Crippen LogP contribution is 2.12. The number of amides is 1. The number of nitrogens with one attached hydrogen (secondary N) is 1. The number of rotatable bonds is 8. The number of aliphatic hydroxyl groups is 1. The zero-order chi connectivity index (χ0) is 16.7. The highest BCUT2D eigenvalue weighted by molar-refractivity contribution is 7.07. The van der Waals surface area contributed by atoms with Gasteiger partial charge in [0.15, 0.2) is 0 Å². The molecule has 1 atom stereocenters. The van der Waals surface area contributed by atoms with Crippen LogP contribution >= 0.6 is 11.3 Å². The standard InChI is InChI=1S/C17H21FN2O2S/c1-13(20(7-8-21)11-14-6-9-23-12-14)17(22)19-10-15-4-2-3-5-16(15)18/h2-6,9,12-13,21H,7-8,10-11H2,1H3,(H,19,22). The average molecular weight is 336 g/mol. The molecule has 0 fully saturated rings. The third kappa shape index (κ3) is 5.13. The van der Waals surface area contributed by atoms with Crippen LogP contribution in [0.25, 0.3) is 0 Å². The van der Waals surface area contributed by atoms with Crippen molar-refractivity contribution in [1.82, 2.24) is 10.2 Å². The first-order valence-corrected chi connectivity index (χ1v) is 8.43. The molecule has 0 aliphatic carbocycles. The molecule has 0 spiro atoms. The summed E-state index contributed by atoms with van der Waals surface area (Å²) >= 11 is 1.60. The predicted octanol–water partition coefficient (Wildman–Crippen LogP) is 2.39. The van der Waals surface area contributed by atoms with E-state index in [-0.39, 0.29) is 24.9 Å². The first-order chi connectivity index (χ1) is 11.1. The normalized spacial score (nSPS) is 12.3. The lowest BCUT2D eigenvalue weighted by molar-refractivity contribution is -0.126. The summed E-state index contributed by atoms with van der Waals surface area (Å²) < 4.78 is 13.6. The van der Waals surface area contributed by atoms with Crippen molar-refractivity contribution in [2.45, 2.75) is 26.1 Å². The Labute approximate surface area is 139 Å². The van der Waals surface area contributed by atoms with Gasteiger partial charge in [-0.2, -0.15) is 11.3 Å². The molecular weight excluding hydrogens is 315 g/mol. The third-order valence-corrected chi connectivity index (χ3v) is 4.42. The Hall–Kier alpha value is -1.76. The highest BCUT2D eigenvalue weighted by atomic mass is 32.1. The van der Waals surface area contributed by atoms with Crippen LogP contribution in [0.1, 0.15) is 18.1 Å². The van der Waals surface area contributed by atoms with Crippen LogP contribution in [0.5, 0.6) is 0 Å². The van der Waals surface area contributed by atoms with Crippen molar-refractivity contribution in [2.24, 2.45) is 0 Å². The summed E-state index contributed by atoms with van der Waals surface area (Å²) in [6, 6.07) is 7.97. The number of carbonyl (C=O) groups excluding carboxylic acids is 1. The molecule has 2 rings (SSSR count). The summed E-state index contributed by atoms with van der Waals surface area (Å²) in [6.07, 6.45) is 0. The zero-order valence-electron chi connectivity index (χ0n) is 13.0. The van der Waals surface area contributed by atoms with E-state index in [0.29, 0.717) is 18.7 Å². The van der Waals surface area contributed by atoms with E-state index in [2.05, 4.69) is 5.32 Å². The molecular formula is C17H21FN2O2S. The second kappa shape index (κ2) is 8.76. The molecule has 1 heterocycles. The lowest BCUT2D eigenvalue weighted by Crippen LogP contribution is -2.45. The molecule has 1 amide bonds. The molecule has 1 aromatic heterocycles. The minimum atomic E-state index is -0.408. The van der Waals surface area contributed by atoms with Gasteiger partial charge in [-0.1, -0.05) is 18.2 Å². The fourth-order valence-corrected chi connectivity index (χ4v) is 2.95. The molecule has 0 saturated carbocycles. The first kappa shape index (κ1) is 17.6. The topological polar surface area (TPSA) is 52.6 Å². The number of hydrogen-bond acceptors (Lipinski definition) is 4. The Morgan fingerprint density at radius 3 is 2.83 bits per heavy atom. The Kier molecular flexibility index (Phi) is 6.70. The molecule has 23 heavy (non-hydrogen) atoms. The molecule has 0 saturated heterocycles. The van der Waals surface area contributed by atoms with Crippen LogP contribution in [-0.2, 0) is 17.9 Å². The van der Waals surface area contributed by atoms with Crippen LogP contribution in [0.2, 0.25) is 0 Å². The van der Waals surface area contributed by atoms with E-state index >= 15 is 0 Å². The van der Waals surface area contributed by atoms with Gasteiger partial charge in [0.05, 0.1) is 12.6 Å². The van der Waals surface area contributed by atoms with Gasteiger partial charge in [-0.15, -0.1) is 0 Å². The Morgan fingerprint density at radius 2 is 2.17 bits per heavy atom. The molecule has 1 unspecified atom stereocenters. The first-order valence-electron chi connectivity index (χ1n) is 7.49. The monoisotopic (exact) mass is 336 g/mol. The molecule has 4 nitrogen and oxygen atoms in total. The van der Waals surface area contributed by atoms with Crippen molar-refractivity contribution in [2.75, 3.05) is 13.2 Å². The number of carbonyl (C=O) groups is 1. The second-order valence-corrected chi connectivity index (χ2v) is 6.09. The highest BCUT2D eigenvalue weighted by Gasteiger charge is 2.21. The van der Waals surface area contributed by atoms with Crippen LogP contribution in [-0.4, -0.2) is 35.1 Å². The van der Waals surface area contributed by atoms with Crippen molar-refractivity contribution in [3.8, 4) is 0 Å². The van der Waals surface area contributed by atoms with Gasteiger partial charge in [0.25, 0.3) is 0 Å². The molecule has 124 valence electrons. The zero-order valence-corrected chi connectivity index (χ0v) is 13.9. The maximum Gasteiger partial charge on any atom is 0.237 e. The number of nitrogens with zero attached hydrogens (tertiary/aromatic N) is 1. The Balaban J connectivity index is 1.94. The molecule has 0 aliphatic rings. The van der Waals surface area contributed by atoms with Crippen molar-refractivity contribution in [3.63, 3.8) is 0 Å². The van der Waals surface area contributed by atoms with E-state index in [1.165, 1.54) is 6.07 Å². The number of benzene rings is 1. The summed E-state index contributed by atoms with van der Waals surface area (Å²) in [4.78, 5) is 14.2. The lowest BCUT2D eigenvalue weighted by atomic mass is 10.2. The van der Waals surface area contributed by atoms with Gasteiger partial charge >= 0.3 is 0 Å². The van der Waals surface area contributed by atoms with Gasteiger partial charge in [-0.05, 0) is 35.4 Å². The van der Waals surface area contributed by atoms with Gasteiger partial charge in [0.1, 0.15) is 5.82 Å². The molecule has 0 radical (unpaired) electrons. The fraction of sp³-hybridized carbons (Fsp3) is 0.353. The summed E-state index contributed by atoms with van der Waals surface area (Å²) in [7, 11) is 0. The van der Waals surface area contributed by atoms with Gasteiger partial charge in [-0.3, -0.25) is 9.69 Å². The van der Waals surface area contributed by atoms with Crippen LogP contribution in [0.15, 0.2) is 41.1 Å². The Morgan fingerprint density at radius 1 is 1.39 bits per heavy atom. The minimum absolute atomic E-state index is 0.0188. The smallest absolute Gasteiger partial charge is 0.237 e. The molecule has 6 heteroatoms. The van der Waals surface area contributed by atoms with Gasteiger partial charge < -0.3 is 10.4 Å². The number of thiophene rings is 1. The van der Waals surface area contributed by atoms with Crippen molar-refractivity contribution >= 4 is 17.2 Å². The van der Waals surface area contributed by atoms with Gasteiger partial charge in [0, 0.05) is 25.2 Å². The third-order valence-electron chi connectivity index (χ3n) is 3.69. The molecule has 2 aromatic rings.